The fourth-order valence-electron chi connectivity index (χ4n) is 1.98. The van der Waals surface area contributed by atoms with Crippen molar-refractivity contribution in [2.75, 3.05) is 47.4 Å². The zero-order chi connectivity index (χ0) is 15.7. The summed E-state index contributed by atoms with van der Waals surface area (Å²) in [6, 6.07) is 8.95. The van der Waals surface area contributed by atoms with Crippen LogP contribution in [0.2, 0.25) is 0 Å². The SMILES string of the molecule is CN(C)CCCN(C)CC(O)COc1ccc(C#N)cc1. The van der Waals surface area contributed by atoms with E-state index in [4.69, 9.17) is 10.00 Å². The van der Waals surface area contributed by atoms with Crippen LogP contribution >= 0.6 is 0 Å². The van der Waals surface area contributed by atoms with Crippen LogP contribution < -0.4 is 4.74 Å². The average Bonchev–Trinajstić information content (AvgIpc) is 2.45. The van der Waals surface area contributed by atoms with Crippen LogP contribution in [0.25, 0.3) is 0 Å². The minimum Gasteiger partial charge on any atom is -0.491 e. The van der Waals surface area contributed by atoms with E-state index in [-0.39, 0.29) is 6.61 Å². The van der Waals surface area contributed by atoms with Crippen molar-refractivity contribution in [2.45, 2.75) is 12.5 Å². The average molecular weight is 291 g/mol. The molecule has 5 nitrogen and oxygen atoms in total. The molecule has 0 spiro atoms. The summed E-state index contributed by atoms with van der Waals surface area (Å²) in [5.74, 6) is 0.670. The normalized spacial score (nSPS) is 12.4. The molecule has 1 rings (SSSR count). The van der Waals surface area contributed by atoms with Crippen LogP contribution in [0, 0.1) is 11.3 Å². The monoisotopic (exact) mass is 291 g/mol. The van der Waals surface area contributed by atoms with Crippen LogP contribution in [-0.4, -0.2) is 68.4 Å². The Bertz CT molecular complexity index is 440. The van der Waals surface area contributed by atoms with Crippen molar-refractivity contribution in [1.29, 1.82) is 5.26 Å². The molecular formula is C16H25N3O2. The van der Waals surface area contributed by atoms with E-state index < -0.39 is 6.10 Å². The van der Waals surface area contributed by atoms with Crippen LogP contribution in [0.5, 0.6) is 5.75 Å². The summed E-state index contributed by atoms with van der Waals surface area (Å²) in [7, 11) is 6.11. The minimum absolute atomic E-state index is 0.254. The standard InChI is InChI=1S/C16H25N3O2/c1-18(2)9-4-10-19(3)12-15(20)13-21-16-7-5-14(11-17)6-8-16/h5-8,15,20H,4,9-10,12-13H2,1-3H3. The number of aliphatic hydroxyl groups excluding tert-OH is 1. The van der Waals surface area contributed by atoms with E-state index >= 15 is 0 Å². The summed E-state index contributed by atoms with van der Waals surface area (Å²) >= 11 is 0. The van der Waals surface area contributed by atoms with Gasteiger partial charge in [-0.15, -0.1) is 0 Å². The third-order valence-corrected chi connectivity index (χ3v) is 3.09. The van der Waals surface area contributed by atoms with Crippen molar-refractivity contribution in [2.24, 2.45) is 0 Å². The summed E-state index contributed by atoms with van der Waals surface area (Å²) in [6.45, 7) is 2.84. The number of nitriles is 1. The lowest BCUT2D eigenvalue weighted by atomic mass is 10.2. The maximum absolute atomic E-state index is 9.96. The highest BCUT2D eigenvalue weighted by Crippen LogP contribution is 2.11. The fourth-order valence-corrected chi connectivity index (χ4v) is 1.98. The summed E-state index contributed by atoms with van der Waals surface area (Å²) in [5, 5.41) is 18.7. The van der Waals surface area contributed by atoms with Gasteiger partial charge in [0.1, 0.15) is 18.5 Å². The molecule has 0 aliphatic carbocycles. The fraction of sp³-hybridized carbons (Fsp3) is 0.562. The first-order valence-corrected chi connectivity index (χ1v) is 7.15. The Morgan fingerprint density at radius 3 is 2.43 bits per heavy atom. The van der Waals surface area contributed by atoms with Gasteiger partial charge in [0.25, 0.3) is 0 Å². The number of rotatable bonds is 9. The molecule has 1 aromatic rings. The van der Waals surface area contributed by atoms with E-state index in [1.807, 2.05) is 7.05 Å². The third kappa shape index (κ3) is 7.66. The third-order valence-electron chi connectivity index (χ3n) is 3.09. The molecular weight excluding hydrogens is 266 g/mol. The summed E-state index contributed by atoms with van der Waals surface area (Å²) in [6.07, 6.45) is 0.553. The van der Waals surface area contributed by atoms with E-state index in [0.29, 0.717) is 17.9 Å². The first-order valence-electron chi connectivity index (χ1n) is 7.15. The quantitative estimate of drug-likeness (QED) is 0.740. The second-order valence-corrected chi connectivity index (χ2v) is 5.52. The number of benzene rings is 1. The number of likely N-dealkylation sites (N-methyl/N-ethyl adjacent to an activating group) is 1. The summed E-state index contributed by atoms with van der Waals surface area (Å²) in [4.78, 5) is 4.26. The van der Waals surface area contributed by atoms with Crippen LogP contribution in [0.1, 0.15) is 12.0 Å². The molecule has 5 heteroatoms. The zero-order valence-electron chi connectivity index (χ0n) is 13.1. The molecule has 0 bridgehead atoms. The summed E-state index contributed by atoms with van der Waals surface area (Å²) in [5.41, 5.74) is 0.600. The molecule has 1 aromatic carbocycles. The van der Waals surface area contributed by atoms with Gasteiger partial charge in [0.05, 0.1) is 11.6 Å². The smallest absolute Gasteiger partial charge is 0.119 e. The van der Waals surface area contributed by atoms with Crippen LogP contribution in [0.3, 0.4) is 0 Å². The molecule has 0 radical (unpaired) electrons. The number of aliphatic hydroxyl groups is 1. The maximum Gasteiger partial charge on any atom is 0.119 e. The first kappa shape index (κ1) is 17.4. The van der Waals surface area contributed by atoms with Gasteiger partial charge in [-0.3, -0.25) is 0 Å². The van der Waals surface area contributed by atoms with Crippen molar-refractivity contribution in [3.05, 3.63) is 29.8 Å². The molecule has 0 heterocycles. The molecule has 0 amide bonds. The molecule has 21 heavy (non-hydrogen) atoms. The molecule has 1 unspecified atom stereocenters. The second-order valence-electron chi connectivity index (χ2n) is 5.52. The van der Waals surface area contributed by atoms with Gasteiger partial charge >= 0.3 is 0 Å². The van der Waals surface area contributed by atoms with Gasteiger partial charge in [-0.1, -0.05) is 0 Å². The highest BCUT2D eigenvalue weighted by molar-refractivity contribution is 5.34. The van der Waals surface area contributed by atoms with Gasteiger partial charge in [-0.25, -0.2) is 0 Å². The topological polar surface area (TPSA) is 59.7 Å². The Kier molecular flexibility index (Phi) is 7.76. The Morgan fingerprint density at radius 2 is 1.86 bits per heavy atom. The number of hydrogen-bond donors (Lipinski definition) is 1. The van der Waals surface area contributed by atoms with Crippen LogP contribution in [0.15, 0.2) is 24.3 Å². The Balaban J connectivity index is 2.23. The molecule has 1 atom stereocenters. The van der Waals surface area contributed by atoms with E-state index in [1.165, 1.54) is 0 Å². The van der Waals surface area contributed by atoms with E-state index in [2.05, 4.69) is 30.0 Å². The van der Waals surface area contributed by atoms with E-state index in [1.54, 1.807) is 24.3 Å². The summed E-state index contributed by atoms with van der Waals surface area (Å²) < 4.78 is 5.52. The first-order chi connectivity index (χ1) is 10.0. The molecule has 0 aliphatic heterocycles. The maximum atomic E-state index is 9.96. The Morgan fingerprint density at radius 1 is 1.19 bits per heavy atom. The predicted octanol–water partition coefficient (Wildman–Crippen LogP) is 1.18. The zero-order valence-corrected chi connectivity index (χ0v) is 13.1. The highest BCUT2D eigenvalue weighted by atomic mass is 16.5. The molecule has 1 N–H and O–H groups in total. The van der Waals surface area contributed by atoms with Gasteiger partial charge in [0, 0.05) is 6.54 Å². The lowest BCUT2D eigenvalue weighted by Gasteiger charge is -2.21. The highest BCUT2D eigenvalue weighted by Gasteiger charge is 2.09. The Hall–Kier alpha value is -1.61. The van der Waals surface area contributed by atoms with Crippen molar-refractivity contribution in [3.63, 3.8) is 0 Å². The van der Waals surface area contributed by atoms with E-state index in [0.717, 1.165) is 19.5 Å². The number of hydrogen-bond acceptors (Lipinski definition) is 5. The van der Waals surface area contributed by atoms with Crippen molar-refractivity contribution in [3.8, 4) is 11.8 Å². The largest absolute Gasteiger partial charge is 0.491 e. The lowest BCUT2D eigenvalue weighted by molar-refractivity contribution is 0.0755. The molecule has 0 saturated heterocycles. The van der Waals surface area contributed by atoms with Crippen molar-refractivity contribution in [1.82, 2.24) is 9.80 Å². The molecule has 0 aromatic heterocycles. The number of ether oxygens (including phenoxy) is 1. The molecule has 116 valence electrons. The van der Waals surface area contributed by atoms with Crippen LogP contribution in [0.4, 0.5) is 0 Å². The van der Waals surface area contributed by atoms with Crippen molar-refractivity contribution >= 4 is 0 Å². The van der Waals surface area contributed by atoms with E-state index in [9.17, 15) is 5.11 Å². The Labute approximate surface area is 127 Å². The van der Waals surface area contributed by atoms with Gasteiger partial charge in [-0.2, -0.15) is 5.26 Å². The van der Waals surface area contributed by atoms with Gasteiger partial charge in [-0.05, 0) is 64.9 Å². The number of nitrogens with zero attached hydrogens (tertiary/aromatic N) is 3. The minimum atomic E-state index is -0.523. The van der Waals surface area contributed by atoms with Gasteiger partial charge in [0.15, 0.2) is 0 Å². The molecule has 0 saturated carbocycles. The molecule has 0 fully saturated rings. The molecule has 0 aliphatic rings. The lowest BCUT2D eigenvalue weighted by Crippen LogP contribution is -2.34. The van der Waals surface area contributed by atoms with Crippen molar-refractivity contribution < 1.29 is 9.84 Å². The van der Waals surface area contributed by atoms with Gasteiger partial charge in [0.2, 0.25) is 0 Å². The van der Waals surface area contributed by atoms with Crippen LogP contribution in [-0.2, 0) is 0 Å². The van der Waals surface area contributed by atoms with Gasteiger partial charge < -0.3 is 19.6 Å². The predicted molar refractivity (Wildman–Crippen MR) is 83.3 cm³/mol. The second kappa shape index (κ2) is 9.35.